The lowest BCUT2D eigenvalue weighted by Gasteiger charge is -2.27. The number of halogens is 1. The van der Waals surface area contributed by atoms with E-state index in [1.165, 1.54) is 0 Å². The lowest BCUT2D eigenvalue weighted by atomic mass is 10.2. The van der Waals surface area contributed by atoms with Gasteiger partial charge in [-0.2, -0.15) is 0 Å². The van der Waals surface area contributed by atoms with Crippen LogP contribution in [0.5, 0.6) is 5.75 Å². The predicted molar refractivity (Wildman–Crippen MR) is 63.7 cm³/mol. The van der Waals surface area contributed by atoms with Crippen molar-refractivity contribution in [2.24, 2.45) is 10.7 Å². The van der Waals surface area contributed by atoms with Crippen LogP contribution in [-0.4, -0.2) is 31.0 Å². The molecule has 1 saturated heterocycles. The van der Waals surface area contributed by atoms with E-state index in [0.29, 0.717) is 30.5 Å². The van der Waals surface area contributed by atoms with Crippen LogP contribution in [0.2, 0.25) is 0 Å². The first-order valence-corrected chi connectivity index (χ1v) is 5.55. The summed E-state index contributed by atoms with van der Waals surface area (Å²) in [5.41, 5.74) is 6.29. The smallest absolute Gasteiger partial charge is 0.145 e. The number of amidine groups is 1. The molecule has 1 aliphatic heterocycles. The quantitative estimate of drug-likeness (QED) is 0.495. The van der Waals surface area contributed by atoms with Crippen molar-refractivity contribution >= 4 is 23.1 Å². The van der Waals surface area contributed by atoms with Gasteiger partial charge in [-0.3, -0.25) is 0 Å². The van der Waals surface area contributed by atoms with Crippen molar-refractivity contribution in [1.29, 1.82) is 0 Å². The van der Waals surface area contributed by atoms with Gasteiger partial charge in [0.25, 0.3) is 0 Å². The zero-order valence-electron chi connectivity index (χ0n) is 8.73. The van der Waals surface area contributed by atoms with Crippen LogP contribution in [0.25, 0.3) is 0 Å². The molecule has 5 heteroatoms. The molecule has 0 spiro atoms. The van der Waals surface area contributed by atoms with E-state index < -0.39 is 0 Å². The van der Waals surface area contributed by atoms with Gasteiger partial charge in [-0.05, 0) is 12.1 Å². The van der Waals surface area contributed by atoms with Crippen molar-refractivity contribution in [3.63, 3.8) is 0 Å². The van der Waals surface area contributed by atoms with Crippen LogP contribution in [-0.2, 0) is 4.74 Å². The molecular weight excluding hydrogens is 228 g/mol. The summed E-state index contributed by atoms with van der Waals surface area (Å²) in [6.07, 6.45) is 0.119. The Balaban J connectivity index is 2.15. The minimum absolute atomic E-state index is 0.119. The largest absolute Gasteiger partial charge is 0.483 e. The van der Waals surface area contributed by atoms with E-state index in [0.717, 1.165) is 0 Å². The number of hydrogen-bond donors (Lipinski definition) is 1. The van der Waals surface area contributed by atoms with Crippen molar-refractivity contribution in [2.75, 3.05) is 19.1 Å². The van der Waals surface area contributed by atoms with Crippen LogP contribution < -0.4 is 10.5 Å². The average molecular weight is 241 g/mol. The lowest BCUT2D eigenvalue weighted by Crippen LogP contribution is -2.38. The van der Waals surface area contributed by atoms with E-state index >= 15 is 0 Å². The summed E-state index contributed by atoms with van der Waals surface area (Å²) in [6.45, 7) is 1.26. The molecule has 2 rings (SSSR count). The normalized spacial score (nSPS) is 16.9. The first kappa shape index (κ1) is 11.2. The molecule has 0 bridgehead atoms. The van der Waals surface area contributed by atoms with Crippen LogP contribution in [0, 0.1) is 0 Å². The fourth-order valence-electron chi connectivity index (χ4n) is 1.30. The molecule has 0 saturated carbocycles. The molecule has 1 heterocycles. The van der Waals surface area contributed by atoms with Gasteiger partial charge in [0, 0.05) is 0 Å². The molecule has 1 aromatic rings. The highest BCUT2D eigenvalue weighted by atomic mass is 35.5. The Morgan fingerprint density at radius 3 is 2.88 bits per heavy atom. The molecule has 0 radical (unpaired) electrons. The molecule has 0 aromatic heterocycles. The zero-order chi connectivity index (χ0) is 11.4. The monoisotopic (exact) mass is 240 g/mol. The Morgan fingerprint density at radius 2 is 2.25 bits per heavy atom. The maximum atomic E-state index is 5.70. The Hall–Kier alpha value is -1.26. The van der Waals surface area contributed by atoms with Crippen LogP contribution in [0.4, 0.5) is 5.69 Å². The maximum absolute atomic E-state index is 5.70. The molecule has 0 aliphatic carbocycles. The third kappa shape index (κ3) is 2.65. The fourth-order valence-corrected chi connectivity index (χ4v) is 1.36. The van der Waals surface area contributed by atoms with Crippen molar-refractivity contribution in [2.45, 2.75) is 6.10 Å². The highest BCUT2D eigenvalue weighted by Crippen LogP contribution is 2.28. The number of benzene rings is 1. The summed E-state index contributed by atoms with van der Waals surface area (Å²) in [5.74, 6) is 1.30. The molecule has 1 aromatic carbocycles. The number of ether oxygens (including phenoxy) is 2. The summed E-state index contributed by atoms with van der Waals surface area (Å²) >= 11 is 5.58. The zero-order valence-corrected chi connectivity index (χ0v) is 9.48. The molecule has 2 N–H and O–H groups in total. The molecule has 0 atom stereocenters. The molecule has 86 valence electrons. The fraction of sp³-hybridized carbons (Fsp3) is 0.364. The summed E-state index contributed by atoms with van der Waals surface area (Å²) in [5, 5.41) is 0. The molecule has 1 aliphatic rings. The molecule has 0 amide bonds. The number of nitrogens with two attached hydrogens (primary N) is 1. The number of hydrogen-bond acceptors (Lipinski definition) is 3. The van der Waals surface area contributed by atoms with E-state index in [9.17, 15) is 0 Å². The van der Waals surface area contributed by atoms with Gasteiger partial charge in [-0.25, -0.2) is 4.99 Å². The number of para-hydroxylation sites is 2. The summed E-state index contributed by atoms with van der Waals surface area (Å²) in [7, 11) is 0. The van der Waals surface area contributed by atoms with Crippen molar-refractivity contribution in [3.8, 4) is 5.75 Å². The third-order valence-electron chi connectivity index (χ3n) is 2.17. The minimum atomic E-state index is 0.119. The van der Waals surface area contributed by atoms with Gasteiger partial charge in [-0.1, -0.05) is 12.1 Å². The van der Waals surface area contributed by atoms with Crippen LogP contribution >= 0.6 is 11.6 Å². The maximum Gasteiger partial charge on any atom is 0.145 e. The molecular formula is C11H13ClN2O2. The summed E-state index contributed by atoms with van der Waals surface area (Å²) in [6, 6.07) is 7.47. The predicted octanol–water partition coefficient (Wildman–Crippen LogP) is 1.69. The number of alkyl halides is 1. The Bertz CT molecular complexity index is 391. The van der Waals surface area contributed by atoms with Crippen LogP contribution in [0.1, 0.15) is 0 Å². The first-order chi connectivity index (χ1) is 7.79. The summed E-state index contributed by atoms with van der Waals surface area (Å²) in [4.78, 5) is 4.19. The van der Waals surface area contributed by atoms with Gasteiger partial charge in [0.2, 0.25) is 0 Å². The second kappa shape index (κ2) is 5.18. The molecule has 4 nitrogen and oxygen atoms in total. The number of nitrogens with zero attached hydrogens (tertiary/aromatic N) is 1. The number of aliphatic imine (C=N–C) groups is 1. The van der Waals surface area contributed by atoms with Crippen molar-refractivity contribution in [3.05, 3.63) is 24.3 Å². The van der Waals surface area contributed by atoms with Crippen molar-refractivity contribution in [1.82, 2.24) is 0 Å². The third-order valence-corrected chi connectivity index (χ3v) is 2.44. The van der Waals surface area contributed by atoms with Gasteiger partial charge >= 0.3 is 0 Å². The SMILES string of the molecule is NC(CCl)=Nc1ccccc1OC1COC1. The molecule has 1 fully saturated rings. The van der Waals surface area contributed by atoms with Gasteiger partial charge in [0.05, 0.1) is 19.1 Å². The van der Waals surface area contributed by atoms with Gasteiger partial charge in [-0.15, -0.1) is 11.6 Å². The highest BCUT2D eigenvalue weighted by Gasteiger charge is 2.21. The summed E-state index contributed by atoms with van der Waals surface area (Å²) < 4.78 is 10.7. The van der Waals surface area contributed by atoms with E-state index in [2.05, 4.69) is 4.99 Å². The van der Waals surface area contributed by atoms with E-state index in [1.54, 1.807) is 0 Å². The van der Waals surface area contributed by atoms with Crippen molar-refractivity contribution < 1.29 is 9.47 Å². The van der Waals surface area contributed by atoms with E-state index in [1.807, 2.05) is 24.3 Å². The standard InChI is InChI=1S/C11H13ClN2O2/c12-5-11(13)14-9-3-1-2-4-10(9)16-8-6-15-7-8/h1-4,8H,5-7H2,(H2,13,14). The second-order valence-electron chi connectivity index (χ2n) is 3.48. The number of rotatable bonds is 4. The van der Waals surface area contributed by atoms with E-state index in [-0.39, 0.29) is 12.0 Å². The Morgan fingerprint density at radius 1 is 1.50 bits per heavy atom. The van der Waals surface area contributed by atoms with Gasteiger partial charge in [0.15, 0.2) is 0 Å². The Kier molecular flexibility index (Phi) is 3.64. The van der Waals surface area contributed by atoms with Crippen LogP contribution in [0.3, 0.4) is 0 Å². The Labute approximate surface area is 99.0 Å². The van der Waals surface area contributed by atoms with Crippen LogP contribution in [0.15, 0.2) is 29.3 Å². The average Bonchev–Trinajstić information content (AvgIpc) is 2.25. The lowest BCUT2D eigenvalue weighted by molar-refractivity contribution is -0.0794. The van der Waals surface area contributed by atoms with Gasteiger partial charge in [0.1, 0.15) is 23.4 Å². The topological polar surface area (TPSA) is 56.8 Å². The second-order valence-corrected chi connectivity index (χ2v) is 3.75. The molecule has 0 unspecified atom stereocenters. The molecule has 16 heavy (non-hydrogen) atoms. The first-order valence-electron chi connectivity index (χ1n) is 5.02. The minimum Gasteiger partial charge on any atom is -0.483 e. The van der Waals surface area contributed by atoms with Gasteiger partial charge < -0.3 is 15.2 Å². The highest BCUT2D eigenvalue weighted by molar-refractivity contribution is 6.28. The van der Waals surface area contributed by atoms with E-state index in [4.69, 9.17) is 26.8 Å².